The number of hydrogen-bond donors (Lipinski definition) is 2. The van der Waals surface area contributed by atoms with Gasteiger partial charge in [-0.15, -0.1) is 0 Å². The summed E-state index contributed by atoms with van der Waals surface area (Å²) in [5, 5.41) is 5.91. The van der Waals surface area contributed by atoms with Crippen molar-refractivity contribution in [3.05, 3.63) is 22.3 Å². The molecule has 0 spiro atoms. The number of rotatable bonds is 4. The van der Waals surface area contributed by atoms with E-state index in [0.717, 1.165) is 11.0 Å². The lowest BCUT2D eigenvalue weighted by molar-refractivity contribution is 0.0943. The second-order valence-electron chi connectivity index (χ2n) is 3.71. The van der Waals surface area contributed by atoms with Crippen LogP contribution in [-0.2, 0) is 0 Å². The summed E-state index contributed by atoms with van der Waals surface area (Å²) in [7, 11) is 0. The van der Waals surface area contributed by atoms with E-state index in [1.807, 2.05) is 20.8 Å². The molecular weight excluding hydrogens is 270 g/mol. The maximum Gasteiger partial charge on any atom is 0.255 e. The molecule has 1 heterocycles. The van der Waals surface area contributed by atoms with E-state index in [9.17, 15) is 4.79 Å². The molecule has 0 unspecified atom stereocenters. The van der Waals surface area contributed by atoms with E-state index < -0.39 is 0 Å². The molecule has 1 amide bonds. The van der Waals surface area contributed by atoms with Crippen LogP contribution in [0.5, 0.6) is 0 Å². The molecule has 0 saturated carbocycles. The zero-order valence-corrected chi connectivity index (χ0v) is 11.3. The van der Waals surface area contributed by atoms with Gasteiger partial charge in [0.15, 0.2) is 0 Å². The van der Waals surface area contributed by atoms with Crippen LogP contribution in [-0.4, -0.2) is 23.5 Å². The van der Waals surface area contributed by atoms with Crippen LogP contribution in [0, 0.1) is 0 Å². The first-order chi connectivity index (χ1) is 7.54. The van der Waals surface area contributed by atoms with Gasteiger partial charge in [0.1, 0.15) is 5.82 Å². The molecule has 0 fully saturated rings. The Morgan fingerprint density at radius 2 is 2.25 bits per heavy atom. The third-order valence-corrected chi connectivity index (χ3v) is 2.30. The predicted molar refractivity (Wildman–Crippen MR) is 68.7 cm³/mol. The van der Waals surface area contributed by atoms with Crippen LogP contribution in [0.1, 0.15) is 31.1 Å². The Labute approximate surface area is 104 Å². The summed E-state index contributed by atoms with van der Waals surface area (Å²) < 4.78 is 0.794. The Hall–Kier alpha value is -1.10. The minimum Gasteiger partial charge on any atom is -0.370 e. The van der Waals surface area contributed by atoms with Crippen LogP contribution in [0.25, 0.3) is 0 Å². The van der Waals surface area contributed by atoms with Gasteiger partial charge in [0, 0.05) is 23.3 Å². The van der Waals surface area contributed by atoms with E-state index >= 15 is 0 Å². The molecule has 4 nitrogen and oxygen atoms in total. The Morgan fingerprint density at radius 3 is 2.81 bits per heavy atom. The van der Waals surface area contributed by atoms with Crippen LogP contribution in [0.2, 0.25) is 0 Å². The largest absolute Gasteiger partial charge is 0.370 e. The molecule has 0 saturated heterocycles. The summed E-state index contributed by atoms with van der Waals surface area (Å²) in [6.07, 6.45) is 1.67. The van der Waals surface area contributed by atoms with Crippen LogP contribution >= 0.6 is 15.9 Å². The van der Waals surface area contributed by atoms with Crippen molar-refractivity contribution in [2.45, 2.75) is 26.8 Å². The minimum atomic E-state index is -0.111. The second kappa shape index (κ2) is 5.84. The van der Waals surface area contributed by atoms with Gasteiger partial charge >= 0.3 is 0 Å². The average Bonchev–Trinajstić information content (AvgIpc) is 2.20. The fourth-order valence-electron chi connectivity index (χ4n) is 1.26. The fraction of sp³-hybridized carbons (Fsp3) is 0.455. The monoisotopic (exact) mass is 285 g/mol. The highest BCUT2D eigenvalue weighted by Crippen LogP contribution is 2.17. The molecule has 0 aliphatic heterocycles. The number of hydrogen-bond acceptors (Lipinski definition) is 3. The first-order valence-electron chi connectivity index (χ1n) is 5.24. The van der Waals surface area contributed by atoms with Crippen molar-refractivity contribution in [1.82, 2.24) is 10.3 Å². The number of pyridine rings is 1. The van der Waals surface area contributed by atoms with Gasteiger partial charge in [-0.05, 0) is 42.8 Å². The number of nitrogens with one attached hydrogen (secondary N) is 2. The number of anilines is 1. The van der Waals surface area contributed by atoms with Crippen LogP contribution in [0.4, 0.5) is 5.82 Å². The van der Waals surface area contributed by atoms with Crippen molar-refractivity contribution in [2.75, 3.05) is 11.9 Å². The zero-order valence-electron chi connectivity index (χ0n) is 9.67. The van der Waals surface area contributed by atoms with Gasteiger partial charge in [0.2, 0.25) is 0 Å². The molecule has 1 aromatic rings. The van der Waals surface area contributed by atoms with E-state index in [4.69, 9.17) is 0 Å². The normalized spacial score (nSPS) is 10.3. The van der Waals surface area contributed by atoms with E-state index in [1.165, 1.54) is 0 Å². The number of halogens is 1. The summed E-state index contributed by atoms with van der Waals surface area (Å²) in [5.41, 5.74) is 0.560. The van der Waals surface area contributed by atoms with E-state index in [0.29, 0.717) is 11.4 Å². The van der Waals surface area contributed by atoms with Crippen molar-refractivity contribution in [3.63, 3.8) is 0 Å². The molecule has 88 valence electrons. The van der Waals surface area contributed by atoms with Crippen molar-refractivity contribution < 1.29 is 4.79 Å². The summed E-state index contributed by atoms with van der Waals surface area (Å²) in [6, 6.07) is 1.88. The smallest absolute Gasteiger partial charge is 0.255 e. The standard InChI is InChI=1S/C11H16BrN3O/c1-4-13-10-9(5-8(12)6-14-10)11(16)15-7(2)3/h5-7H,4H2,1-3H3,(H,13,14)(H,15,16). The quantitative estimate of drug-likeness (QED) is 0.893. The Balaban J connectivity index is 2.99. The van der Waals surface area contributed by atoms with E-state index in [-0.39, 0.29) is 11.9 Å². The highest BCUT2D eigenvalue weighted by Gasteiger charge is 2.13. The molecule has 0 aromatic carbocycles. The van der Waals surface area contributed by atoms with Gasteiger partial charge < -0.3 is 10.6 Å². The topological polar surface area (TPSA) is 54.0 Å². The van der Waals surface area contributed by atoms with Gasteiger partial charge in [-0.2, -0.15) is 0 Å². The predicted octanol–water partition coefficient (Wildman–Crippen LogP) is 2.41. The summed E-state index contributed by atoms with van der Waals surface area (Å²) >= 11 is 3.31. The lowest BCUT2D eigenvalue weighted by Crippen LogP contribution is -2.31. The molecule has 0 radical (unpaired) electrons. The maximum atomic E-state index is 11.9. The Kier molecular flexibility index (Phi) is 4.73. The van der Waals surface area contributed by atoms with Crippen molar-refractivity contribution >= 4 is 27.7 Å². The molecule has 2 N–H and O–H groups in total. The molecule has 0 aliphatic carbocycles. The molecule has 0 aliphatic rings. The first-order valence-corrected chi connectivity index (χ1v) is 6.04. The number of carbonyl (C=O) groups is 1. The van der Waals surface area contributed by atoms with Gasteiger partial charge in [0.05, 0.1) is 5.56 Å². The average molecular weight is 286 g/mol. The maximum absolute atomic E-state index is 11.9. The number of carbonyl (C=O) groups excluding carboxylic acids is 1. The van der Waals surface area contributed by atoms with Crippen molar-refractivity contribution in [2.24, 2.45) is 0 Å². The number of aromatic nitrogens is 1. The highest BCUT2D eigenvalue weighted by atomic mass is 79.9. The SMILES string of the molecule is CCNc1ncc(Br)cc1C(=O)NC(C)C. The Morgan fingerprint density at radius 1 is 1.56 bits per heavy atom. The van der Waals surface area contributed by atoms with Gasteiger partial charge in [-0.25, -0.2) is 4.98 Å². The lowest BCUT2D eigenvalue weighted by Gasteiger charge is -2.12. The van der Waals surface area contributed by atoms with Gasteiger partial charge in [-0.3, -0.25) is 4.79 Å². The molecule has 0 atom stereocenters. The third-order valence-electron chi connectivity index (χ3n) is 1.86. The van der Waals surface area contributed by atoms with Crippen LogP contribution in [0.15, 0.2) is 16.7 Å². The second-order valence-corrected chi connectivity index (χ2v) is 4.62. The summed E-state index contributed by atoms with van der Waals surface area (Å²) in [5.74, 6) is 0.503. The Bertz CT molecular complexity index is 379. The fourth-order valence-corrected chi connectivity index (χ4v) is 1.59. The molecular formula is C11H16BrN3O. The molecule has 16 heavy (non-hydrogen) atoms. The van der Waals surface area contributed by atoms with E-state index in [1.54, 1.807) is 12.3 Å². The van der Waals surface area contributed by atoms with Crippen LogP contribution < -0.4 is 10.6 Å². The van der Waals surface area contributed by atoms with Crippen molar-refractivity contribution in [1.29, 1.82) is 0 Å². The molecule has 5 heteroatoms. The number of amides is 1. The third kappa shape index (κ3) is 3.48. The summed E-state index contributed by atoms with van der Waals surface area (Å²) in [6.45, 7) is 6.55. The molecule has 1 rings (SSSR count). The van der Waals surface area contributed by atoms with Gasteiger partial charge in [0.25, 0.3) is 5.91 Å². The minimum absolute atomic E-state index is 0.111. The first kappa shape index (κ1) is 13.0. The molecule has 1 aromatic heterocycles. The lowest BCUT2D eigenvalue weighted by atomic mass is 10.2. The van der Waals surface area contributed by atoms with Crippen LogP contribution in [0.3, 0.4) is 0 Å². The van der Waals surface area contributed by atoms with Crippen molar-refractivity contribution in [3.8, 4) is 0 Å². The molecule has 0 bridgehead atoms. The highest BCUT2D eigenvalue weighted by molar-refractivity contribution is 9.10. The van der Waals surface area contributed by atoms with Gasteiger partial charge in [-0.1, -0.05) is 0 Å². The summed E-state index contributed by atoms with van der Waals surface area (Å²) in [4.78, 5) is 16.1. The number of nitrogens with zero attached hydrogens (tertiary/aromatic N) is 1. The zero-order chi connectivity index (χ0) is 12.1. The van der Waals surface area contributed by atoms with E-state index in [2.05, 4.69) is 31.5 Å².